The van der Waals surface area contributed by atoms with Crippen LogP contribution in [0.5, 0.6) is 0 Å². The topological polar surface area (TPSA) is 46.4 Å². The maximum Gasteiger partial charge on any atom is 0.274 e. The molecule has 0 spiro atoms. The lowest BCUT2D eigenvalue weighted by Crippen LogP contribution is -2.09. The highest BCUT2D eigenvalue weighted by atomic mass is 19.1. The van der Waals surface area contributed by atoms with Gasteiger partial charge in [0, 0.05) is 25.8 Å². The van der Waals surface area contributed by atoms with Gasteiger partial charge in [-0.15, -0.1) is 0 Å². The minimum atomic E-state index is -0.615. The van der Waals surface area contributed by atoms with E-state index in [1.54, 1.807) is 19.0 Å². The smallest absolute Gasteiger partial charge is 0.274 e. The molecule has 0 unspecified atom stereocenters. The Balaban J connectivity index is 3.19. The van der Waals surface area contributed by atoms with Crippen molar-refractivity contribution in [2.45, 2.75) is 0 Å². The van der Waals surface area contributed by atoms with Crippen molar-refractivity contribution in [3.63, 3.8) is 0 Å². The lowest BCUT2D eigenvalue weighted by molar-refractivity contribution is -0.385. The minimum Gasteiger partial charge on any atom is -0.377 e. The number of nitro benzene ring substituents is 1. The van der Waals surface area contributed by atoms with E-state index >= 15 is 0 Å². The number of nitro groups is 1. The molecule has 70 valence electrons. The molecule has 0 atom stereocenters. The van der Waals surface area contributed by atoms with Gasteiger partial charge >= 0.3 is 0 Å². The number of rotatable bonds is 2. The molecule has 13 heavy (non-hydrogen) atoms. The molecule has 0 aliphatic heterocycles. The summed E-state index contributed by atoms with van der Waals surface area (Å²) in [6, 6.07) is 3.46. The Kier molecular flexibility index (Phi) is 2.46. The van der Waals surface area contributed by atoms with E-state index in [0.717, 1.165) is 6.07 Å². The van der Waals surface area contributed by atoms with E-state index in [4.69, 9.17) is 0 Å². The highest BCUT2D eigenvalue weighted by molar-refractivity contribution is 5.52. The second-order valence-corrected chi connectivity index (χ2v) is 2.82. The monoisotopic (exact) mass is 184 g/mol. The molecule has 0 aromatic heterocycles. The van der Waals surface area contributed by atoms with Crippen LogP contribution < -0.4 is 4.90 Å². The van der Waals surface area contributed by atoms with Crippen LogP contribution in [-0.4, -0.2) is 19.0 Å². The normalized spacial score (nSPS) is 9.77. The molecular weight excluding hydrogens is 175 g/mol. The van der Waals surface area contributed by atoms with E-state index in [2.05, 4.69) is 0 Å². The van der Waals surface area contributed by atoms with Crippen LogP contribution >= 0.6 is 0 Å². The van der Waals surface area contributed by atoms with Gasteiger partial charge in [0.05, 0.1) is 11.0 Å². The highest BCUT2D eigenvalue weighted by Gasteiger charge is 2.10. The van der Waals surface area contributed by atoms with Gasteiger partial charge in [-0.25, -0.2) is 4.39 Å². The highest BCUT2D eigenvalue weighted by Crippen LogP contribution is 2.21. The van der Waals surface area contributed by atoms with Crippen LogP contribution in [0.15, 0.2) is 18.2 Å². The maximum atomic E-state index is 12.8. The molecule has 0 fully saturated rings. The summed E-state index contributed by atoms with van der Waals surface area (Å²) in [7, 11) is 3.39. The summed E-state index contributed by atoms with van der Waals surface area (Å²) in [5.41, 5.74) is 0.246. The van der Waals surface area contributed by atoms with Crippen LogP contribution in [0.4, 0.5) is 15.8 Å². The molecule has 0 saturated heterocycles. The molecule has 0 saturated carbocycles. The van der Waals surface area contributed by atoms with Crippen molar-refractivity contribution in [2.75, 3.05) is 19.0 Å². The van der Waals surface area contributed by atoms with Crippen molar-refractivity contribution < 1.29 is 9.31 Å². The number of hydrogen-bond acceptors (Lipinski definition) is 3. The molecule has 0 aliphatic carbocycles. The lowest BCUT2D eigenvalue weighted by atomic mass is 10.2. The van der Waals surface area contributed by atoms with Crippen LogP contribution in [0.2, 0.25) is 0 Å². The van der Waals surface area contributed by atoms with E-state index in [1.165, 1.54) is 12.1 Å². The van der Waals surface area contributed by atoms with Gasteiger partial charge in [-0.05, 0) is 6.07 Å². The van der Waals surface area contributed by atoms with E-state index in [1.807, 2.05) is 0 Å². The number of nitrogens with zero attached hydrogens (tertiary/aromatic N) is 2. The molecule has 1 rings (SSSR count). The Hall–Kier alpha value is -1.65. The number of benzene rings is 1. The Bertz CT molecular complexity index is 339. The molecular formula is C8H9FN2O2. The third-order valence-electron chi connectivity index (χ3n) is 1.59. The van der Waals surface area contributed by atoms with Gasteiger partial charge in [-0.3, -0.25) is 10.1 Å². The fourth-order valence-corrected chi connectivity index (χ4v) is 0.923. The van der Waals surface area contributed by atoms with Gasteiger partial charge < -0.3 is 4.90 Å². The van der Waals surface area contributed by atoms with Crippen molar-refractivity contribution in [1.82, 2.24) is 0 Å². The first kappa shape index (κ1) is 9.44. The predicted molar refractivity (Wildman–Crippen MR) is 47.4 cm³/mol. The van der Waals surface area contributed by atoms with Crippen LogP contribution in [0, 0.1) is 15.9 Å². The zero-order valence-corrected chi connectivity index (χ0v) is 7.32. The fourth-order valence-electron chi connectivity index (χ4n) is 0.923. The number of halogens is 1. The van der Waals surface area contributed by atoms with E-state index in [-0.39, 0.29) is 5.69 Å². The van der Waals surface area contributed by atoms with Crippen molar-refractivity contribution in [2.24, 2.45) is 0 Å². The van der Waals surface area contributed by atoms with Crippen molar-refractivity contribution in [3.05, 3.63) is 34.1 Å². The van der Waals surface area contributed by atoms with Crippen molar-refractivity contribution >= 4 is 11.4 Å². The summed E-state index contributed by atoms with van der Waals surface area (Å²) in [5.74, 6) is -0.599. The Labute approximate surface area is 74.7 Å². The molecule has 1 aromatic carbocycles. The average Bonchev–Trinajstić information content (AvgIpc) is 2.03. The molecule has 0 amide bonds. The SMILES string of the molecule is CN(C)c1cc(F)cc([N+](=O)[O-])c1. The summed E-state index contributed by atoms with van der Waals surface area (Å²) in [6.45, 7) is 0. The van der Waals surface area contributed by atoms with E-state index in [9.17, 15) is 14.5 Å². The summed E-state index contributed by atoms with van der Waals surface area (Å²) in [6.07, 6.45) is 0. The molecule has 0 radical (unpaired) electrons. The first-order valence-electron chi connectivity index (χ1n) is 3.63. The van der Waals surface area contributed by atoms with Crippen LogP contribution in [0.3, 0.4) is 0 Å². The first-order chi connectivity index (χ1) is 6.00. The summed E-state index contributed by atoms with van der Waals surface area (Å²) in [5, 5.41) is 10.3. The molecule has 4 nitrogen and oxygen atoms in total. The van der Waals surface area contributed by atoms with Gasteiger partial charge in [-0.1, -0.05) is 0 Å². The zero-order valence-electron chi connectivity index (χ0n) is 7.32. The molecule has 0 bridgehead atoms. The number of anilines is 1. The van der Waals surface area contributed by atoms with E-state index in [0.29, 0.717) is 5.69 Å². The molecule has 5 heteroatoms. The average molecular weight is 184 g/mol. The zero-order chi connectivity index (χ0) is 10.0. The second kappa shape index (κ2) is 3.38. The fraction of sp³-hybridized carbons (Fsp3) is 0.250. The molecule has 0 N–H and O–H groups in total. The molecule has 0 aliphatic rings. The van der Waals surface area contributed by atoms with Gasteiger partial charge in [0.2, 0.25) is 0 Å². The van der Waals surface area contributed by atoms with Crippen LogP contribution in [0.25, 0.3) is 0 Å². The van der Waals surface area contributed by atoms with Gasteiger partial charge in [0.1, 0.15) is 5.82 Å². The Morgan fingerprint density at radius 3 is 2.46 bits per heavy atom. The molecule has 1 aromatic rings. The third kappa shape index (κ3) is 2.14. The van der Waals surface area contributed by atoms with Crippen LogP contribution in [-0.2, 0) is 0 Å². The quantitative estimate of drug-likeness (QED) is 0.520. The predicted octanol–water partition coefficient (Wildman–Crippen LogP) is 1.80. The minimum absolute atomic E-state index is 0.233. The number of non-ortho nitro benzene ring substituents is 1. The number of hydrogen-bond donors (Lipinski definition) is 0. The van der Waals surface area contributed by atoms with Crippen LogP contribution in [0.1, 0.15) is 0 Å². The summed E-state index contributed by atoms with van der Waals surface area (Å²) in [4.78, 5) is 11.3. The molecule has 0 heterocycles. The maximum absolute atomic E-state index is 12.8. The Morgan fingerprint density at radius 1 is 1.38 bits per heavy atom. The van der Waals surface area contributed by atoms with Crippen molar-refractivity contribution in [3.8, 4) is 0 Å². The summed E-state index contributed by atoms with van der Waals surface area (Å²) >= 11 is 0. The third-order valence-corrected chi connectivity index (χ3v) is 1.59. The lowest BCUT2D eigenvalue weighted by Gasteiger charge is -2.11. The second-order valence-electron chi connectivity index (χ2n) is 2.82. The van der Waals surface area contributed by atoms with E-state index < -0.39 is 10.7 Å². The standard InChI is InChI=1S/C8H9FN2O2/c1-10(2)7-3-6(9)4-8(5-7)11(12)13/h3-5H,1-2H3. The summed E-state index contributed by atoms with van der Waals surface area (Å²) < 4.78 is 12.8. The first-order valence-corrected chi connectivity index (χ1v) is 3.63. The van der Waals surface area contributed by atoms with Crippen molar-refractivity contribution in [1.29, 1.82) is 0 Å². The Morgan fingerprint density at radius 2 is 2.00 bits per heavy atom. The van der Waals surface area contributed by atoms with Gasteiger partial charge in [0.25, 0.3) is 5.69 Å². The van der Waals surface area contributed by atoms with Gasteiger partial charge in [0.15, 0.2) is 0 Å². The largest absolute Gasteiger partial charge is 0.377 e. The van der Waals surface area contributed by atoms with Gasteiger partial charge in [-0.2, -0.15) is 0 Å².